The lowest BCUT2D eigenvalue weighted by Gasteiger charge is -2.23. The van der Waals surface area contributed by atoms with Gasteiger partial charge in [0.25, 0.3) is 0 Å². The molecule has 1 aromatic rings. The minimum absolute atomic E-state index is 0.0158. The summed E-state index contributed by atoms with van der Waals surface area (Å²) in [6.07, 6.45) is 2.87. The van der Waals surface area contributed by atoms with Crippen LogP contribution in [0.2, 0.25) is 0 Å². The Balaban J connectivity index is 1.94. The molecule has 17 heavy (non-hydrogen) atoms. The van der Waals surface area contributed by atoms with Gasteiger partial charge in [0.05, 0.1) is 28.9 Å². The number of benzene rings is 1. The molecular formula is C12H13N3O2. The number of nitrogens with zero attached hydrogens (tertiary/aromatic N) is 1. The van der Waals surface area contributed by atoms with E-state index in [1.54, 1.807) is 12.1 Å². The standard InChI is InChI=1S/C12H13N3O2/c13-7-8-4-5-11(10(14)6-8)15-17-12(16)9-2-1-3-9/h4-6,9,15H,1-3,14H2. The molecule has 5 nitrogen and oxygen atoms in total. The first-order valence-electron chi connectivity index (χ1n) is 5.47. The van der Waals surface area contributed by atoms with E-state index in [0.717, 1.165) is 19.3 Å². The maximum absolute atomic E-state index is 11.5. The van der Waals surface area contributed by atoms with Gasteiger partial charge in [0, 0.05) is 0 Å². The summed E-state index contributed by atoms with van der Waals surface area (Å²) in [7, 11) is 0. The van der Waals surface area contributed by atoms with Crippen molar-refractivity contribution in [3.05, 3.63) is 23.8 Å². The molecule has 5 heteroatoms. The normalized spacial score (nSPS) is 14.5. The Labute approximate surface area is 99.1 Å². The molecule has 3 N–H and O–H groups in total. The zero-order chi connectivity index (χ0) is 12.3. The molecule has 0 unspecified atom stereocenters. The molecule has 1 saturated carbocycles. The van der Waals surface area contributed by atoms with E-state index in [4.69, 9.17) is 15.8 Å². The second-order valence-electron chi connectivity index (χ2n) is 4.06. The number of hydrogen-bond donors (Lipinski definition) is 2. The Morgan fingerprint density at radius 3 is 2.82 bits per heavy atom. The average molecular weight is 231 g/mol. The van der Waals surface area contributed by atoms with E-state index in [1.165, 1.54) is 6.07 Å². The molecular weight excluding hydrogens is 218 g/mol. The van der Waals surface area contributed by atoms with E-state index >= 15 is 0 Å². The van der Waals surface area contributed by atoms with Crippen LogP contribution >= 0.6 is 0 Å². The monoisotopic (exact) mass is 231 g/mol. The first-order valence-corrected chi connectivity index (χ1v) is 5.47. The van der Waals surface area contributed by atoms with Crippen molar-refractivity contribution in [2.75, 3.05) is 11.2 Å². The van der Waals surface area contributed by atoms with Crippen molar-refractivity contribution in [3.8, 4) is 6.07 Å². The molecule has 0 radical (unpaired) electrons. The molecule has 0 aromatic heterocycles. The van der Waals surface area contributed by atoms with Gasteiger partial charge in [-0.3, -0.25) is 0 Å². The number of rotatable bonds is 3. The highest BCUT2D eigenvalue weighted by molar-refractivity contribution is 5.75. The maximum atomic E-state index is 11.5. The van der Waals surface area contributed by atoms with Gasteiger partial charge in [-0.25, -0.2) is 10.3 Å². The van der Waals surface area contributed by atoms with E-state index in [-0.39, 0.29) is 11.9 Å². The van der Waals surface area contributed by atoms with Crippen molar-refractivity contribution in [2.45, 2.75) is 19.3 Å². The second-order valence-corrected chi connectivity index (χ2v) is 4.06. The molecule has 1 aliphatic rings. The largest absolute Gasteiger partial charge is 0.397 e. The van der Waals surface area contributed by atoms with Crippen LogP contribution in [0.5, 0.6) is 0 Å². The maximum Gasteiger partial charge on any atom is 0.335 e. The van der Waals surface area contributed by atoms with Crippen LogP contribution in [0.4, 0.5) is 11.4 Å². The van der Waals surface area contributed by atoms with Crippen LogP contribution in [0.3, 0.4) is 0 Å². The highest BCUT2D eigenvalue weighted by atomic mass is 16.7. The summed E-state index contributed by atoms with van der Waals surface area (Å²) >= 11 is 0. The first kappa shape index (κ1) is 11.3. The van der Waals surface area contributed by atoms with Crippen molar-refractivity contribution in [2.24, 2.45) is 5.92 Å². The SMILES string of the molecule is N#Cc1ccc(NOC(=O)C2CCC2)c(N)c1. The van der Waals surface area contributed by atoms with Crippen molar-refractivity contribution < 1.29 is 9.63 Å². The third kappa shape index (κ3) is 2.48. The van der Waals surface area contributed by atoms with E-state index < -0.39 is 0 Å². The lowest BCUT2D eigenvalue weighted by Crippen LogP contribution is -2.26. The Morgan fingerprint density at radius 1 is 1.53 bits per heavy atom. The summed E-state index contributed by atoms with van der Waals surface area (Å²) in [6, 6.07) is 6.73. The lowest BCUT2D eigenvalue weighted by molar-refractivity contribution is -0.148. The quantitative estimate of drug-likeness (QED) is 0.611. The van der Waals surface area contributed by atoms with Crippen LogP contribution in [-0.2, 0) is 9.63 Å². The Kier molecular flexibility index (Phi) is 3.15. The Hall–Kier alpha value is -2.22. The minimum Gasteiger partial charge on any atom is -0.397 e. The van der Waals surface area contributed by atoms with E-state index in [9.17, 15) is 4.79 Å². The zero-order valence-electron chi connectivity index (χ0n) is 9.27. The summed E-state index contributed by atoms with van der Waals surface area (Å²) in [5, 5.41) is 8.67. The predicted molar refractivity (Wildman–Crippen MR) is 62.6 cm³/mol. The van der Waals surface area contributed by atoms with Gasteiger partial charge >= 0.3 is 5.97 Å². The van der Waals surface area contributed by atoms with Gasteiger partial charge in [0.15, 0.2) is 0 Å². The fourth-order valence-electron chi connectivity index (χ4n) is 1.56. The highest BCUT2D eigenvalue weighted by Crippen LogP contribution is 2.28. The molecule has 1 fully saturated rings. The van der Waals surface area contributed by atoms with Gasteiger partial charge < -0.3 is 10.6 Å². The van der Waals surface area contributed by atoms with Crippen LogP contribution in [0.25, 0.3) is 0 Å². The summed E-state index contributed by atoms with van der Waals surface area (Å²) in [4.78, 5) is 16.4. The van der Waals surface area contributed by atoms with Crippen LogP contribution in [0, 0.1) is 17.2 Å². The van der Waals surface area contributed by atoms with Crippen molar-refractivity contribution in [1.82, 2.24) is 0 Å². The van der Waals surface area contributed by atoms with Gasteiger partial charge in [0.2, 0.25) is 0 Å². The smallest absolute Gasteiger partial charge is 0.335 e. The number of nitrogen functional groups attached to an aromatic ring is 1. The number of carbonyl (C=O) groups is 1. The highest BCUT2D eigenvalue weighted by Gasteiger charge is 2.27. The van der Waals surface area contributed by atoms with Crippen molar-refractivity contribution in [3.63, 3.8) is 0 Å². The number of anilines is 2. The van der Waals surface area contributed by atoms with Crippen LogP contribution in [0.1, 0.15) is 24.8 Å². The van der Waals surface area contributed by atoms with Gasteiger partial charge in [-0.05, 0) is 31.0 Å². The molecule has 88 valence electrons. The second kappa shape index (κ2) is 4.74. The average Bonchev–Trinajstić information content (AvgIpc) is 2.25. The summed E-state index contributed by atoms with van der Waals surface area (Å²) in [5.74, 6) is -0.234. The summed E-state index contributed by atoms with van der Waals surface area (Å²) in [6.45, 7) is 0. The zero-order valence-corrected chi connectivity index (χ0v) is 9.27. The van der Waals surface area contributed by atoms with Gasteiger partial charge in [0.1, 0.15) is 0 Å². The van der Waals surface area contributed by atoms with Crippen molar-refractivity contribution >= 4 is 17.3 Å². The third-order valence-corrected chi connectivity index (χ3v) is 2.88. The van der Waals surface area contributed by atoms with Crippen molar-refractivity contribution in [1.29, 1.82) is 5.26 Å². The molecule has 0 atom stereocenters. The molecule has 1 aromatic carbocycles. The predicted octanol–water partition coefficient (Wildman–Crippen LogP) is 1.81. The number of nitrogens with two attached hydrogens (primary N) is 1. The van der Waals surface area contributed by atoms with E-state index in [0.29, 0.717) is 16.9 Å². The number of nitrogens with one attached hydrogen (secondary N) is 1. The van der Waals surface area contributed by atoms with Gasteiger partial charge in [-0.15, -0.1) is 0 Å². The Morgan fingerprint density at radius 2 is 2.29 bits per heavy atom. The number of carbonyl (C=O) groups excluding carboxylic acids is 1. The van der Waals surface area contributed by atoms with Gasteiger partial charge in [-0.2, -0.15) is 5.26 Å². The van der Waals surface area contributed by atoms with E-state index in [1.807, 2.05) is 6.07 Å². The molecule has 0 saturated heterocycles. The molecule has 0 amide bonds. The molecule has 2 rings (SSSR count). The first-order chi connectivity index (χ1) is 8.20. The van der Waals surface area contributed by atoms with Crippen LogP contribution in [0.15, 0.2) is 18.2 Å². The summed E-state index contributed by atoms with van der Waals surface area (Å²) in [5.41, 5.74) is 9.58. The summed E-state index contributed by atoms with van der Waals surface area (Å²) < 4.78 is 0. The fraction of sp³-hybridized carbons (Fsp3) is 0.333. The lowest BCUT2D eigenvalue weighted by atomic mass is 9.86. The van der Waals surface area contributed by atoms with Crippen LogP contribution < -0.4 is 11.2 Å². The van der Waals surface area contributed by atoms with Crippen LogP contribution in [-0.4, -0.2) is 5.97 Å². The molecule has 0 aliphatic heterocycles. The topological polar surface area (TPSA) is 88.1 Å². The number of nitriles is 1. The molecule has 1 aliphatic carbocycles. The third-order valence-electron chi connectivity index (χ3n) is 2.88. The Bertz CT molecular complexity index is 475. The number of hydrogen-bond acceptors (Lipinski definition) is 5. The molecule has 0 spiro atoms. The van der Waals surface area contributed by atoms with Gasteiger partial charge in [-0.1, -0.05) is 6.42 Å². The molecule has 0 heterocycles. The fourth-order valence-corrected chi connectivity index (χ4v) is 1.56. The van der Waals surface area contributed by atoms with E-state index in [2.05, 4.69) is 5.48 Å². The minimum atomic E-state index is -0.250. The molecule has 0 bridgehead atoms.